The lowest BCUT2D eigenvalue weighted by molar-refractivity contribution is -0.0811. The Balaban J connectivity index is 4.54. The molecular weight excluding hydrogens is 460 g/mol. The van der Waals surface area contributed by atoms with Crippen LogP contribution < -0.4 is 0 Å². The van der Waals surface area contributed by atoms with Gasteiger partial charge in [-0.05, 0) is 38.5 Å². The van der Waals surface area contributed by atoms with Gasteiger partial charge in [0.25, 0.3) is 0 Å². The minimum absolute atomic E-state index is 0.0713. The number of hydrogen-bond acceptors (Lipinski definition) is 7. The van der Waals surface area contributed by atoms with Crippen molar-refractivity contribution in [2.45, 2.75) is 143 Å². The maximum atomic E-state index is 12.3. The first-order chi connectivity index (χ1) is 17.5. The minimum atomic E-state index is -0.664. The van der Waals surface area contributed by atoms with Crippen LogP contribution in [0.2, 0.25) is 0 Å². The maximum absolute atomic E-state index is 12.3. The highest BCUT2D eigenvalue weighted by atomic mass is 16.7. The van der Waals surface area contributed by atoms with Crippen molar-refractivity contribution in [2.24, 2.45) is 0 Å². The summed E-state index contributed by atoms with van der Waals surface area (Å²) in [4.78, 5) is 12.3. The van der Waals surface area contributed by atoms with Crippen molar-refractivity contribution in [3.05, 3.63) is 0 Å². The summed E-state index contributed by atoms with van der Waals surface area (Å²) in [6.45, 7) is 15.7. The summed E-state index contributed by atoms with van der Waals surface area (Å²) in [6.07, 6.45) is 11.1. The van der Waals surface area contributed by atoms with E-state index in [9.17, 15) is 4.79 Å². The van der Waals surface area contributed by atoms with Crippen LogP contribution in [0.15, 0.2) is 0 Å². The number of carbonyl (C=O) groups excluding carboxylic acids is 1. The zero-order chi connectivity index (χ0) is 26.9. The Kier molecular flexibility index (Phi) is 25.1. The molecule has 0 aliphatic rings. The molecule has 0 rings (SSSR count). The molecule has 0 bridgehead atoms. The predicted molar refractivity (Wildman–Crippen MR) is 146 cm³/mol. The maximum Gasteiger partial charge on any atom is 0.508 e. The molecule has 7 heteroatoms. The quantitative estimate of drug-likeness (QED) is 0.0868. The van der Waals surface area contributed by atoms with Crippen molar-refractivity contribution in [3.63, 3.8) is 0 Å². The Bertz CT molecular complexity index is 435. The van der Waals surface area contributed by atoms with Crippen molar-refractivity contribution < 1.29 is 33.2 Å². The van der Waals surface area contributed by atoms with Gasteiger partial charge in [-0.2, -0.15) is 0 Å². The summed E-state index contributed by atoms with van der Waals surface area (Å²) >= 11 is 0. The molecule has 216 valence electrons. The van der Waals surface area contributed by atoms with Gasteiger partial charge in [-0.3, -0.25) is 0 Å². The van der Waals surface area contributed by atoms with Gasteiger partial charge >= 0.3 is 6.16 Å². The number of carbonyl (C=O) groups is 1. The van der Waals surface area contributed by atoms with E-state index in [1.54, 1.807) is 0 Å². The van der Waals surface area contributed by atoms with Crippen LogP contribution in [-0.2, 0) is 28.4 Å². The highest BCUT2D eigenvalue weighted by Crippen LogP contribution is 2.12. The van der Waals surface area contributed by atoms with E-state index in [4.69, 9.17) is 28.4 Å². The molecule has 0 aromatic rings. The second kappa shape index (κ2) is 25.7. The molecule has 4 atom stereocenters. The third-order valence-corrected chi connectivity index (χ3v) is 6.18. The minimum Gasteiger partial charge on any atom is -0.432 e. The summed E-state index contributed by atoms with van der Waals surface area (Å²) < 4.78 is 34.8. The van der Waals surface area contributed by atoms with E-state index < -0.39 is 6.16 Å². The van der Waals surface area contributed by atoms with Gasteiger partial charge in [0.05, 0.1) is 37.6 Å². The van der Waals surface area contributed by atoms with Gasteiger partial charge in [-0.15, -0.1) is 0 Å². The average molecular weight is 519 g/mol. The Hall–Kier alpha value is -0.890. The standard InChI is InChI=1S/C29H58O7/c1-7-13-17-27(33-21-25(11-5)31-19-15-9-3)23-35-29(30)36-24-28(18-14-8-2)34-22-26(12-6)32-20-16-10-4/h25-28H,7-24H2,1-6H3. The number of hydrogen-bond donors (Lipinski definition) is 0. The Morgan fingerprint density at radius 2 is 0.889 bits per heavy atom. The summed E-state index contributed by atoms with van der Waals surface area (Å²) in [7, 11) is 0. The van der Waals surface area contributed by atoms with Gasteiger partial charge in [-0.1, -0.05) is 80.1 Å². The number of unbranched alkanes of at least 4 members (excludes halogenated alkanes) is 4. The Morgan fingerprint density at radius 1 is 0.500 bits per heavy atom. The second-order valence-corrected chi connectivity index (χ2v) is 9.58. The smallest absolute Gasteiger partial charge is 0.432 e. The fourth-order valence-corrected chi connectivity index (χ4v) is 3.50. The van der Waals surface area contributed by atoms with E-state index in [0.29, 0.717) is 13.2 Å². The van der Waals surface area contributed by atoms with Gasteiger partial charge in [0, 0.05) is 13.2 Å². The van der Waals surface area contributed by atoms with E-state index in [1.807, 2.05) is 0 Å². The van der Waals surface area contributed by atoms with Gasteiger partial charge < -0.3 is 28.4 Å². The van der Waals surface area contributed by atoms with Crippen LogP contribution in [0.4, 0.5) is 4.79 Å². The van der Waals surface area contributed by atoms with E-state index >= 15 is 0 Å². The molecule has 0 aliphatic heterocycles. The van der Waals surface area contributed by atoms with Crippen molar-refractivity contribution >= 4 is 6.16 Å². The molecule has 0 N–H and O–H groups in total. The van der Waals surface area contributed by atoms with Crippen LogP contribution in [0.5, 0.6) is 0 Å². The van der Waals surface area contributed by atoms with E-state index in [2.05, 4.69) is 41.5 Å². The van der Waals surface area contributed by atoms with Crippen molar-refractivity contribution in [1.82, 2.24) is 0 Å². The molecule has 4 unspecified atom stereocenters. The molecule has 36 heavy (non-hydrogen) atoms. The molecule has 0 amide bonds. The lowest BCUT2D eigenvalue weighted by Crippen LogP contribution is -2.30. The normalized spacial score (nSPS) is 14.8. The zero-order valence-corrected chi connectivity index (χ0v) is 24.4. The summed E-state index contributed by atoms with van der Waals surface area (Å²) in [5.41, 5.74) is 0. The van der Waals surface area contributed by atoms with Crippen LogP contribution in [0.25, 0.3) is 0 Å². The van der Waals surface area contributed by atoms with Gasteiger partial charge in [0.1, 0.15) is 13.2 Å². The van der Waals surface area contributed by atoms with Crippen molar-refractivity contribution in [3.8, 4) is 0 Å². The highest BCUT2D eigenvalue weighted by molar-refractivity contribution is 5.59. The van der Waals surface area contributed by atoms with Crippen molar-refractivity contribution in [2.75, 3.05) is 39.6 Å². The topological polar surface area (TPSA) is 72.5 Å². The SMILES string of the molecule is CCCCOC(CC)COC(CCCC)COC(=O)OCC(CCCC)OCC(CC)OCCCC. The lowest BCUT2D eigenvalue weighted by atomic mass is 10.1. The molecule has 0 saturated heterocycles. The van der Waals surface area contributed by atoms with Crippen LogP contribution in [0.1, 0.15) is 119 Å². The summed E-state index contributed by atoms with van der Waals surface area (Å²) in [6, 6.07) is 0. The molecular formula is C29H58O7. The summed E-state index contributed by atoms with van der Waals surface area (Å²) in [5.74, 6) is 0. The van der Waals surface area contributed by atoms with Crippen LogP contribution >= 0.6 is 0 Å². The number of rotatable bonds is 26. The monoisotopic (exact) mass is 518 g/mol. The van der Waals surface area contributed by atoms with E-state index in [-0.39, 0.29) is 37.6 Å². The molecule has 0 aromatic heterocycles. The third-order valence-electron chi connectivity index (χ3n) is 6.18. The first-order valence-corrected chi connectivity index (χ1v) is 14.8. The van der Waals surface area contributed by atoms with E-state index in [0.717, 1.165) is 90.3 Å². The lowest BCUT2D eigenvalue weighted by Gasteiger charge is -2.23. The molecule has 0 spiro atoms. The van der Waals surface area contributed by atoms with Crippen LogP contribution in [0.3, 0.4) is 0 Å². The fourth-order valence-electron chi connectivity index (χ4n) is 3.50. The Labute approximate surface area is 222 Å². The molecule has 7 nitrogen and oxygen atoms in total. The van der Waals surface area contributed by atoms with Crippen LogP contribution in [-0.4, -0.2) is 70.2 Å². The predicted octanol–water partition coefficient (Wildman–Crippen LogP) is 7.48. The molecule has 0 radical (unpaired) electrons. The average Bonchev–Trinajstić information content (AvgIpc) is 2.89. The van der Waals surface area contributed by atoms with Crippen LogP contribution in [0, 0.1) is 0 Å². The second-order valence-electron chi connectivity index (χ2n) is 9.58. The molecule has 0 aliphatic carbocycles. The van der Waals surface area contributed by atoms with E-state index in [1.165, 1.54) is 0 Å². The molecule has 0 saturated carbocycles. The highest BCUT2D eigenvalue weighted by Gasteiger charge is 2.19. The molecule has 0 aromatic carbocycles. The van der Waals surface area contributed by atoms with Gasteiger partial charge in [0.2, 0.25) is 0 Å². The largest absolute Gasteiger partial charge is 0.508 e. The zero-order valence-electron chi connectivity index (χ0n) is 24.4. The van der Waals surface area contributed by atoms with Gasteiger partial charge in [0.15, 0.2) is 0 Å². The fraction of sp³-hybridized carbons (Fsp3) is 0.966. The third kappa shape index (κ3) is 20.2. The number of ether oxygens (including phenoxy) is 6. The Morgan fingerprint density at radius 3 is 1.22 bits per heavy atom. The van der Waals surface area contributed by atoms with Crippen molar-refractivity contribution in [1.29, 1.82) is 0 Å². The van der Waals surface area contributed by atoms with Gasteiger partial charge in [-0.25, -0.2) is 4.79 Å². The summed E-state index contributed by atoms with van der Waals surface area (Å²) in [5, 5.41) is 0. The first kappa shape index (κ1) is 35.1. The molecule has 0 fully saturated rings. The molecule has 0 heterocycles. The first-order valence-electron chi connectivity index (χ1n) is 14.8.